The van der Waals surface area contributed by atoms with E-state index < -0.39 is 0 Å². The molecule has 156 valence electrons. The molecule has 1 aliphatic heterocycles. The monoisotopic (exact) mass is 424 g/mol. The summed E-state index contributed by atoms with van der Waals surface area (Å²) in [7, 11) is 0. The number of rotatable bonds is 6. The van der Waals surface area contributed by atoms with Gasteiger partial charge in [-0.3, -0.25) is 9.59 Å². The van der Waals surface area contributed by atoms with Crippen LogP contribution in [0.2, 0.25) is 0 Å². The lowest BCUT2D eigenvalue weighted by atomic mass is 9.96. The molecule has 2 amide bonds. The molecule has 1 aliphatic rings. The van der Waals surface area contributed by atoms with Crippen LogP contribution in [0.1, 0.15) is 28.2 Å². The zero-order valence-corrected chi connectivity index (χ0v) is 17.7. The van der Waals surface area contributed by atoms with Crippen LogP contribution in [0, 0.1) is 12.8 Å². The van der Waals surface area contributed by atoms with Crippen LogP contribution in [0.5, 0.6) is 5.75 Å². The molecule has 30 heavy (non-hydrogen) atoms. The van der Waals surface area contributed by atoms with Crippen LogP contribution in [0.25, 0.3) is 10.8 Å². The van der Waals surface area contributed by atoms with Gasteiger partial charge in [-0.2, -0.15) is 0 Å². The molecule has 0 unspecified atom stereocenters. The van der Waals surface area contributed by atoms with Crippen molar-refractivity contribution in [3.8, 4) is 5.75 Å². The third-order valence-electron chi connectivity index (χ3n) is 5.43. The second-order valence-corrected chi connectivity index (χ2v) is 8.28. The molecule has 7 nitrogen and oxygen atoms in total. The number of aromatic nitrogens is 2. The summed E-state index contributed by atoms with van der Waals surface area (Å²) in [5.41, 5.74) is 0.686. The number of piperidine rings is 1. The van der Waals surface area contributed by atoms with E-state index in [1.807, 2.05) is 47.4 Å². The highest BCUT2D eigenvalue weighted by Crippen LogP contribution is 2.22. The summed E-state index contributed by atoms with van der Waals surface area (Å²) >= 11 is 1.15. The van der Waals surface area contributed by atoms with E-state index in [9.17, 15) is 9.59 Å². The van der Waals surface area contributed by atoms with Gasteiger partial charge in [0.2, 0.25) is 0 Å². The fourth-order valence-corrected chi connectivity index (χ4v) is 4.25. The van der Waals surface area contributed by atoms with E-state index in [0.717, 1.165) is 35.1 Å². The predicted molar refractivity (Wildman–Crippen MR) is 116 cm³/mol. The lowest BCUT2D eigenvalue weighted by Gasteiger charge is -2.31. The second kappa shape index (κ2) is 9.21. The van der Waals surface area contributed by atoms with E-state index in [4.69, 9.17) is 4.74 Å². The van der Waals surface area contributed by atoms with E-state index in [-0.39, 0.29) is 18.4 Å². The topological polar surface area (TPSA) is 84.4 Å². The molecule has 1 saturated heterocycles. The molecule has 3 aromatic rings. The van der Waals surface area contributed by atoms with Crippen LogP contribution in [-0.4, -0.2) is 52.5 Å². The number of benzene rings is 2. The summed E-state index contributed by atoms with van der Waals surface area (Å²) in [6.07, 6.45) is 1.73. The predicted octanol–water partition coefficient (Wildman–Crippen LogP) is 3.05. The Morgan fingerprint density at radius 1 is 1.17 bits per heavy atom. The molecule has 4 rings (SSSR count). The Balaban J connectivity index is 1.19. The van der Waals surface area contributed by atoms with Gasteiger partial charge < -0.3 is 15.0 Å². The van der Waals surface area contributed by atoms with Crippen molar-refractivity contribution in [2.24, 2.45) is 5.92 Å². The summed E-state index contributed by atoms with van der Waals surface area (Å²) in [4.78, 5) is 27.2. The number of carbonyl (C=O) groups is 2. The van der Waals surface area contributed by atoms with Crippen LogP contribution in [0.4, 0.5) is 0 Å². The van der Waals surface area contributed by atoms with Gasteiger partial charge in [-0.05, 0) is 60.1 Å². The number of amides is 2. The van der Waals surface area contributed by atoms with Crippen molar-refractivity contribution >= 4 is 34.1 Å². The first-order chi connectivity index (χ1) is 14.6. The van der Waals surface area contributed by atoms with Crippen LogP contribution in [-0.2, 0) is 4.79 Å². The van der Waals surface area contributed by atoms with Gasteiger partial charge >= 0.3 is 0 Å². The maximum atomic E-state index is 12.5. The molecule has 2 heterocycles. The minimum Gasteiger partial charge on any atom is -0.484 e. The molecule has 8 heteroatoms. The number of nitrogens with zero attached hydrogens (tertiary/aromatic N) is 3. The first-order valence-electron chi connectivity index (χ1n) is 10.1. The van der Waals surface area contributed by atoms with Gasteiger partial charge in [-0.25, -0.2) is 0 Å². The van der Waals surface area contributed by atoms with Gasteiger partial charge in [-0.1, -0.05) is 34.8 Å². The molecule has 0 bridgehead atoms. The Morgan fingerprint density at radius 2 is 1.93 bits per heavy atom. The Morgan fingerprint density at radius 3 is 2.67 bits per heavy atom. The third-order valence-corrected chi connectivity index (χ3v) is 6.24. The molecular weight excluding hydrogens is 400 g/mol. The molecular formula is C22H24N4O3S. The zero-order valence-electron chi connectivity index (χ0n) is 16.8. The molecule has 0 radical (unpaired) electrons. The van der Waals surface area contributed by atoms with E-state index in [1.165, 1.54) is 0 Å². The number of hydrogen-bond acceptors (Lipinski definition) is 6. The Kier molecular flexibility index (Phi) is 6.23. The molecule has 1 N–H and O–H groups in total. The smallest absolute Gasteiger partial charge is 0.267 e. The Bertz CT molecular complexity index is 1040. The van der Waals surface area contributed by atoms with Crippen molar-refractivity contribution in [3.63, 3.8) is 0 Å². The maximum absolute atomic E-state index is 12.5. The number of aryl methyl sites for hydroxylation is 1. The molecule has 1 aromatic heterocycles. The highest BCUT2D eigenvalue weighted by Gasteiger charge is 2.26. The molecule has 0 aliphatic carbocycles. The molecule has 0 atom stereocenters. The fraction of sp³-hybridized carbons (Fsp3) is 0.364. The average molecular weight is 425 g/mol. The van der Waals surface area contributed by atoms with Crippen LogP contribution < -0.4 is 10.1 Å². The third kappa shape index (κ3) is 4.76. The normalized spacial score (nSPS) is 14.6. The van der Waals surface area contributed by atoms with E-state index in [0.29, 0.717) is 41.9 Å². The number of nitrogens with one attached hydrogen (secondary N) is 1. The molecule has 1 fully saturated rings. The molecule has 0 spiro atoms. The minimum absolute atomic E-state index is 0.00662. The first-order valence-corrected chi connectivity index (χ1v) is 10.8. The lowest BCUT2D eigenvalue weighted by Crippen LogP contribution is -2.42. The van der Waals surface area contributed by atoms with Crippen LogP contribution >= 0.6 is 11.5 Å². The highest BCUT2D eigenvalue weighted by atomic mass is 32.1. The standard InChI is InChI=1S/C22H24N4O3S/c1-15-21(30-25-24-15)22(28)26-10-8-16(9-11-26)13-23-20(27)14-29-19-7-6-17-4-2-3-5-18(17)12-19/h2-7,12,16H,8-11,13-14H2,1H3,(H,23,27). The summed E-state index contributed by atoms with van der Waals surface area (Å²) in [5, 5.41) is 9.09. The lowest BCUT2D eigenvalue weighted by molar-refractivity contribution is -0.123. The Labute approximate surface area is 179 Å². The number of fused-ring (bicyclic) bond motifs is 1. The second-order valence-electron chi connectivity index (χ2n) is 7.52. The average Bonchev–Trinajstić information content (AvgIpc) is 3.21. The van der Waals surface area contributed by atoms with Crippen LogP contribution in [0.15, 0.2) is 42.5 Å². The Hall–Kier alpha value is -3.00. The van der Waals surface area contributed by atoms with Gasteiger partial charge in [0.25, 0.3) is 11.8 Å². The summed E-state index contributed by atoms with van der Waals surface area (Å²) in [5.74, 6) is 0.921. The highest BCUT2D eigenvalue weighted by molar-refractivity contribution is 7.07. The fourth-order valence-electron chi connectivity index (χ4n) is 3.63. The van der Waals surface area contributed by atoms with Crippen molar-refractivity contribution in [2.75, 3.05) is 26.2 Å². The van der Waals surface area contributed by atoms with E-state index in [2.05, 4.69) is 14.9 Å². The SMILES string of the molecule is Cc1nnsc1C(=O)N1CCC(CNC(=O)COc2ccc3ccccc3c2)CC1. The van der Waals surface area contributed by atoms with Crippen molar-refractivity contribution in [1.29, 1.82) is 0 Å². The minimum atomic E-state index is -0.131. The molecule has 2 aromatic carbocycles. The molecule has 0 saturated carbocycles. The van der Waals surface area contributed by atoms with Crippen molar-refractivity contribution in [1.82, 2.24) is 19.8 Å². The maximum Gasteiger partial charge on any atom is 0.267 e. The van der Waals surface area contributed by atoms with Gasteiger partial charge in [0.15, 0.2) is 6.61 Å². The number of ether oxygens (including phenoxy) is 1. The zero-order chi connectivity index (χ0) is 20.9. The van der Waals surface area contributed by atoms with Crippen molar-refractivity contribution in [3.05, 3.63) is 53.0 Å². The quantitative estimate of drug-likeness (QED) is 0.658. The largest absolute Gasteiger partial charge is 0.484 e. The van der Waals surface area contributed by atoms with Crippen LogP contribution in [0.3, 0.4) is 0 Å². The number of hydrogen-bond donors (Lipinski definition) is 1. The van der Waals surface area contributed by atoms with E-state index >= 15 is 0 Å². The van der Waals surface area contributed by atoms with E-state index in [1.54, 1.807) is 6.92 Å². The van der Waals surface area contributed by atoms with Gasteiger partial charge in [0.1, 0.15) is 10.6 Å². The number of likely N-dealkylation sites (tertiary alicyclic amines) is 1. The number of carbonyl (C=O) groups excluding carboxylic acids is 2. The van der Waals surface area contributed by atoms with Gasteiger partial charge in [-0.15, -0.1) is 5.10 Å². The first kappa shape index (κ1) is 20.3. The van der Waals surface area contributed by atoms with Gasteiger partial charge in [0, 0.05) is 19.6 Å². The van der Waals surface area contributed by atoms with Crippen molar-refractivity contribution in [2.45, 2.75) is 19.8 Å². The summed E-state index contributed by atoms with van der Waals surface area (Å²) < 4.78 is 9.48. The van der Waals surface area contributed by atoms with Gasteiger partial charge in [0.05, 0.1) is 5.69 Å². The summed E-state index contributed by atoms with van der Waals surface area (Å²) in [6.45, 7) is 3.77. The van der Waals surface area contributed by atoms with Crippen molar-refractivity contribution < 1.29 is 14.3 Å². The summed E-state index contributed by atoms with van der Waals surface area (Å²) in [6, 6.07) is 13.8.